The summed E-state index contributed by atoms with van der Waals surface area (Å²) in [4.78, 5) is 31.8. The van der Waals surface area contributed by atoms with Crippen molar-refractivity contribution in [2.75, 3.05) is 29.2 Å². The average molecular weight is 394 g/mol. The maximum atomic E-state index is 12.4. The minimum atomic E-state index is -0.606. The standard InChI is InChI=1S/C19H18N6O4/c1-12(26)22-13-5-6-16-14(9-13)23-19(27)25-17-11-21-15(10-20)18(24-17)29-8-4-2-3-7-28-16/h2-3,5-6,9,11H,4,7-8H2,1H3,(H,22,26)(H2,23,24,25,27)/b3-2+. The largest absolute Gasteiger partial charge is 0.487 e. The Kier molecular flexibility index (Phi) is 6.22. The van der Waals surface area contributed by atoms with Crippen LogP contribution >= 0.6 is 0 Å². The molecule has 3 N–H and O–H groups in total. The highest BCUT2D eigenvalue weighted by molar-refractivity contribution is 6.01. The van der Waals surface area contributed by atoms with E-state index >= 15 is 0 Å². The molecule has 0 fully saturated rings. The van der Waals surface area contributed by atoms with E-state index in [-0.39, 0.29) is 36.5 Å². The second-order valence-electron chi connectivity index (χ2n) is 5.91. The van der Waals surface area contributed by atoms with Crippen LogP contribution in [0, 0.1) is 11.3 Å². The normalized spacial score (nSPS) is 14.8. The molecule has 10 heteroatoms. The number of amides is 3. The third-order valence-corrected chi connectivity index (χ3v) is 3.66. The summed E-state index contributed by atoms with van der Waals surface area (Å²) in [6.07, 6.45) is 5.50. The summed E-state index contributed by atoms with van der Waals surface area (Å²) in [5, 5.41) is 17.0. The van der Waals surface area contributed by atoms with E-state index in [2.05, 4.69) is 25.9 Å². The monoisotopic (exact) mass is 394 g/mol. The molecule has 2 aromatic rings. The lowest BCUT2D eigenvalue weighted by molar-refractivity contribution is -0.114. The number of hydrogen-bond donors (Lipinski definition) is 3. The lowest BCUT2D eigenvalue weighted by Crippen LogP contribution is -2.21. The number of nitrogens with one attached hydrogen (secondary N) is 3. The van der Waals surface area contributed by atoms with Crippen molar-refractivity contribution in [3.05, 3.63) is 42.2 Å². The van der Waals surface area contributed by atoms with Crippen LogP contribution in [0.5, 0.6) is 11.6 Å². The van der Waals surface area contributed by atoms with Crippen molar-refractivity contribution in [1.29, 1.82) is 5.26 Å². The summed E-state index contributed by atoms with van der Waals surface area (Å²) >= 11 is 0. The third kappa shape index (κ3) is 5.43. The quantitative estimate of drug-likeness (QED) is 0.632. The van der Waals surface area contributed by atoms with Gasteiger partial charge in [0.1, 0.15) is 18.4 Å². The predicted molar refractivity (Wildman–Crippen MR) is 105 cm³/mol. The van der Waals surface area contributed by atoms with E-state index in [0.29, 0.717) is 23.5 Å². The zero-order valence-electron chi connectivity index (χ0n) is 15.6. The highest BCUT2D eigenvalue weighted by Crippen LogP contribution is 2.28. The van der Waals surface area contributed by atoms with E-state index in [1.165, 1.54) is 13.1 Å². The molecule has 0 radical (unpaired) electrons. The smallest absolute Gasteiger partial charge is 0.325 e. The minimum Gasteiger partial charge on any atom is -0.487 e. The first-order valence-corrected chi connectivity index (χ1v) is 8.72. The van der Waals surface area contributed by atoms with Crippen LogP contribution in [0.4, 0.5) is 22.0 Å². The summed E-state index contributed by atoms with van der Waals surface area (Å²) in [7, 11) is 0. The first-order chi connectivity index (χ1) is 14.0. The highest BCUT2D eigenvalue weighted by atomic mass is 16.5. The van der Waals surface area contributed by atoms with Gasteiger partial charge in [0.15, 0.2) is 5.82 Å². The molecule has 0 atom stereocenters. The summed E-state index contributed by atoms with van der Waals surface area (Å²) in [6, 6.07) is 6.19. The van der Waals surface area contributed by atoms with Gasteiger partial charge in [0.05, 0.1) is 18.5 Å². The molecule has 1 aliphatic rings. The summed E-state index contributed by atoms with van der Waals surface area (Å²) in [5.74, 6) is 0.341. The molecule has 3 amide bonds. The molecule has 148 valence electrons. The van der Waals surface area contributed by atoms with Crippen LogP contribution in [-0.4, -0.2) is 35.1 Å². The zero-order chi connectivity index (χ0) is 20.6. The number of benzene rings is 1. The Morgan fingerprint density at radius 3 is 2.93 bits per heavy atom. The molecule has 0 aliphatic carbocycles. The molecular formula is C19H18N6O4. The van der Waals surface area contributed by atoms with E-state index in [9.17, 15) is 9.59 Å². The summed E-state index contributed by atoms with van der Waals surface area (Å²) in [5.41, 5.74) is 0.885. The Hall–Kier alpha value is -4.13. The Bertz CT molecular complexity index is 999. The van der Waals surface area contributed by atoms with Crippen LogP contribution in [0.2, 0.25) is 0 Å². The lowest BCUT2D eigenvalue weighted by Gasteiger charge is -2.14. The maximum absolute atomic E-state index is 12.4. The van der Waals surface area contributed by atoms with Crippen LogP contribution in [0.1, 0.15) is 19.0 Å². The molecule has 1 aromatic heterocycles. The number of aromatic nitrogens is 2. The molecule has 3 rings (SSSR count). The predicted octanol–water partition coefficient (Wildman–Crippen LogP) is 2.67. The van der Waals surface area contributed by atoms with Gasteiger partial charge in [-0.3, -0.25) is 10.1 Å². The first-order valence-electron chi connectivity index (χ1n) is 8.72. The molecule has 1 aromatic carbocycles. The van der Waals surface area contributed by atoms with Crippen LogP contribution < -0.4 is 25.4 Å². The fourth-order valence-corrected chi connectivity index (χ4v) is 2.46. The number of nitriles is 1. The van der Waals surface area contributed by atoms with Crippen molar-refractivity contribution in [3.8, 4) is 17.7 Å². The average Bonchev–Trinajstić information content (AvgIpc) is 2.68. The van der Waals surface area contributed by atoms with Crippen LogP contribution in [-0.2, 0) is 4.79 Å². The third-order valence-electron chi connectivity index (χ3n) is 3.66. The van der Waals surface area contributed by atoms with Crippen molar-refractivity contribution >= 4 is 29.1 Å². The van der Waals surface area contributed by atoms with E-state index in [4.69, 9.17) is 14.7 Å². The lowest BCUT2D eigenvalue weighted by atomic mass is 10.2. The number of fused-ring (bicyclic) bond motifs is 3. The number of ether oxygens (including phenoxy) is 2. The van der Waals surface area contributed by atoms with Gasteiger partial charge in [-0.2, -0.15) is 10.2 Å². The number of nitrogens with zero attached hydrogens (tertiary/aromatic N) is 3. The van der Waals surface area contributed by atoms with Gasteiger partial charge in [0, 0.05) is 12.6 Å². The first kappa shape index (κ1) is 19.6. The summed E-state index contributed by atoms with van der Waals surface area (Å²) in [6.45, 7) is 1.94. The molecule has 29 heavy (non-hydrogen) atoms. The van der Waals surface area contributed by atoms with E-state index in [1.54, 1.807) is 18.2 Å². The molecule has 1 aliphatic heterocycles. The Morgan fingerprint density at radius 1 is 1.28 bits per heavy atom. The Labute approximate surface area is 166 Å². The van der Waals surface area contributed by atoms with E-state index in [0.717, 1.165) is 0 Å². The van der Waals surface area contributed by atoms with E-state index < -0.39 is 6.03 Å². The summed E-state index contributed by atoms with van der Waals surface area (Å²) < 4.78 is 11.2. The second-order valence-corrected chi connectivity index (χ2v) is 5.91. The fourth-order valence-electron chi connectivity index (χ4n) is 2.46. The number of rotatable bonds is 1. The minimum absolute atomic E-state index is 0.0258. The number of anilines is 3. The highest BCUT2D eigenvalue weighted by Gasteiger charge is 2.14. The molecular weight excluding hydrogens is 376 g/mol. The molecule has 0 saturated carbocycles. The second kappa shape index (κ2) is 9.18. The van der Waals surface area contributed by atoms with Crippen molar-refractivity contribution in [2.45, 2.75) is 13.3 Å². The van der Waals surface area contributed by atoms with Crippen molar-refractivity contribution in [1.82, 2.24) is 9.97 Å². The Morgan fingerprint density at radius 2 is 2.14 bits per heavy atom. The fraction of sp³-hybridized carbons (Fsp3) is 0.211. The molecule has 2 heterocycles. The van der Waals surface area contributed by atoms with Gasteiger partial charge in [-0.1, -0.05) is 12.2 Å². The zero-order valence-corrected chi connectivity index (χ0v) is 15.6. The van der Waals surface area contributed by atoms with E-state index in [1.807, 2.05) is 18.2 Å². The van der Waals surface area contributed by atoms with Crippen LogP contribution in [0.3, 0.4) is 0 Å². The number of carbonyl (C=O) groups is 2. The van der Waals surface area contributed by atoms with Crippen molar-refractivity contribution in [2.24, 2.45) is 0 Å². The molecule has 0 saturated heterocycles. The SMILES string of the molecule is CC(=O)Nc1ccc2c(c1)NC(=O)Nc1cnc(C#N)c(n1)OCC/C=C/CO2. The van der Waals surface area contributed by atoms with Gasteiger partial charge in [-0.25, -0.2) is 9.78 Å². The topological polar surface area (TPSA) is 138 Å². The van der Waals surface area contributed by atoms with Crippen LogP contribution in [0.15, 0.2) is 36.5 Å². The molecule has 0 spiro atoms. The maximum Gasteiger partial charge on any atom is 0.325 e. The van der Waals surface area contributed by atoms with Gasteiger partial charge in [-0.15, -0.1) is 0 Å². The molecule has 10 nitrogen and oxygen atoms in total. The molecule has 0 unspecified atom stereocenters. The van der Waals surface area contributed by atoms with Gasteiger partial charge >= 0.3 is 6.03 Å². The number of hydrogen-bond acceptors (Lipinski definition) is 7. The molecule has 2 bridgehead atoms. The van der Waals surface area contributed by atoms with Crippen molar-refractivity contribution in [3.63, 3.8) is 0 Å². The van der Waals surface area contributed by atoms with Gasteiger partial charge in [0.25, 0.3) is 5.88 Å². The van der Waals surface area contributed by atoms with Crippen molar-refractivity contribution < 1.29 is 19.1 Å². The van der Waals surface area contributed by atoms with Gasteiger partial charge in [0.2, 0.25) is 11.6 Å². The van der Waals surface area contributed by atoms with Crippen LogP contribution in [0.25, 0.3) is 0 Å². The van der Waals surface area contributed by atoms with Gasteiger partial charge in [-0.05, 0) is 24.6 Å². The number of urea groups is 1. The van der Waals surface area contributed by atoms with Gasteiger partial charge < -0.3 is 20.1 Å². The number of carbonyl (C=O) groups excluding carboxylic acids is 2. The Balaban J connectivity index is 1.90.